The summed E-state index contributed by atoms with van der Waals surface area (Å²) in [5, 5.41) is 8.67. The van der Waals surface area contributed by atoms with Crippen LogP contribution in [0.4, 0.5) is 5.95 Å². The summed E-state index contributed by atoms with van der Waals surface area (Å²) in [6.45, 7) is 3.38. The quantitative estimate of drug-likeness (QED) is 0.722. The third-order valence-corrected chi connectivity index (χ3v) is 5.01. The van der Waals surface area contributed by atoms with Crippen LogP contribution < -0.4 is 5.32 Å². The van der Waals surface area contributed by atoms with E-state index < -0.39 is 23.8 Å². The molecule has 4 rings (SSSR count). The van der Waals surface area contributed by atoms with Gasteiger partial charge < -0.3 is 0 Å². The maximum Gasteiger partial charge on any atom is 0.262 e. The van der Waals surface area contributed by atoms with Gasteiger partial charge in [-0.25, -0.2) is 4.52 Å². The number of benzene rings is 1. The molecule has 0 spiro atoms. The molecule has 3 aromatic rings. The van der Waals surface area contributed by atoms with Crippen molar-refractivity contribution in [3.8, 4) is 0 Å². The minimum atomic E-state index is -0.977. The summed E-state index contributed by atoms with van der Waals surface area (Å²) in [7, 11) is 0. The van der Waals surface area contributed by atoms with Crippen LogP contribution in [0.2, 0.25) is 0 Å². The van der Waals surface area contributed by atoms with Crippen LogP contribution >= 0.6 is 11.3 Å². The number of fused-ring (bicyclic) bond motifs is 2. The number of imide groups is 1. The molecule has 3 heterocycles. The third-order valence-electron chi connectivity index (χ3n) is 4.07. The van der Waals surface area contributed by atoms with Gasteiger partial charge in [-0.2, -0.15) is 4.98 Å². The van der Waals surface area contributed by atoms with Crippen LogP contribution in [-0.4, -0.2) is 43.3 Å². The Kier molecular flexibility index (Phi) is 3.39. The molecule has 9 heteroatoms. The number of hydrogen-bond acceptors (Lipinski definition) is 6. The predicted molar refractivity (Wildman–Crippen MR) is 90.6 cm³/mol. The van der Waals surface area contributed by atoms with E-state index in [-0.39, 0.29) is 5.95 Å². The molecule has 0 fully saturated rings. The van der Waals surface area contributed by atoms with Crippen molar-refractivity contribution < 1.29 is 14.4 Å². The fourth-order valence-electron chi connectivity index (χ4n) is 2.74. The van der Waals surface area contributed by atoms with Crippen molar-refractivity contribution in [1.82, 2.24) is 19.5 Å². The zero-order valence-corrected chi connectivity index (χ0v) is 14.2. The molecule has 1 aliphatic heterocycles. The first-order chi connectivity index (χ1) is 12.0. The Morgan fingerprint density at radius 3 is 2.44 bits per heavy atom. The van der Waals surface area contributed by atoms with Gasteiger partial charge in [0.25, 0.3) is 17.8 Å². The van der Waals surface area contributed by atoms with E-state index in [2.05, 4.69) is 15.4 Å². The van der Waals surface area contributed by atoms with Gasteiger partial charge in [-0.3, -0.25) is 24.6 Å². The van der Waals surface area contributed by atoms with Crippen molar-refractivity contribution in [2.24, 2.45) is 0 Å². The molecule has 25 heavy (non-hydrogen) atoms. The van der Waals surface area contributed by atoms with E-state index in [4.69, 9.17) is 0 Å². The number of nitrogens with one attached hydrogen (secondary N) is 1. The van der Waals surface area contributed by atoms with Crippen molar-refractivity contribution in [2.75, 3.05) is 5.32 Å². The lowest BCUT2D eigenvalue weighted by Gasteiger charge is -2.20. The molecule has 2 aromatic heterocycles. The summed E-state index contributed by atoms with van der Waals surface area (Å²) in [5.74, 6) is -1.33. The van der Waals surface area contributed by atoms with Crippen LogP contribution in [-0.2, 0) is 4.79 Å². The van der Waals surface area contributed by atoms with Gasteiger partial charge in [-0.05, 0) is 26.0 Å². The van der Waals surface area contributed by atoms with Crippen molar-refractivity contribution in [2.45, 2.75) is 19.9 Å². The highest BCUT2D eigenvalue weighted by molar-refractivity contribution is 7.15. The summed E-state index contributed by atoms with van der Waals surface area (Å²) >= 11 is 1.41. The van der Waals surface area contributed by atoms with E-state index in [1.54, 1.807) is 28.8 Å². The summed E-state index contributed by atoms with van der Waals surface area (Å²) in [6.07, 6.45) is 0. The van der Waals surface area contributed by atoms with E-state index >= 15 is 0 Å². The molecular formula is C16H13N5O3S. The standard InChI is InChI=1S/C16H13N5O3S/c1-8-7-25-16-18-15(19-21(8)16)17-12(22)9(2)20-13(23)10-5-3-4-6-11(10)14(20)24/h3-7,9H,1-2H3,(H,17,19,22). The summed E-state index contributed by atoms with van der Waals surface area (Å²) in [5.41, 5.74) is 1.52. The van der Waals surface area contributed by atoms with Crippen LogP contribution in [0.3, 0.4) is 0 Å². The second-order valence-electron chi connectivity index (χ2n) is 5.70. The van der Waals surface area contributed by atoms with E-state index in [1.807, 2.05) is 12.3 Å². The van der Waals surface area contributed by atoms with Gasteiger partial charge in [0.15, 0.2) is 0 Å². The molecule has 0 aliphatic carbocycles. The Hall–Kier alpha value is -3.07. The van der Waals surface area contributed by atoms with Gasteiger partial charge in [-0.15, -0.1) is 16.4 Å². The number of aryl methyl sites for hydroxylation is 1. The highest BCUT2D eigenvalue weighted by Crippen LogP contribution is 2.25. The fraction of sp³-hybridized carbons (Fsp3) is 0.188. The van der Waals surface area contributed by atoms with Crippen LogP contribution in [0, 0.1) is 6.92 Å². The number of hydrogen-bond donors (Lipinski definition) is 1. The average Bonchev–Trinajstić information content (AvgIpc) is 3.22. The lowest BCUT2D eigenvalue weighted by Crippen LogP contribution is -2.45. The largest absolute Gasteiger partial charge is 0.291 e. The van der Waals surface area contributed by atoms with Gasteiger partial charge in [0.2, 0.25) is 10.9 Å². The first-order valence-corrected chi connectivity index (χ1v) is 8.44. The average molecular weight is 355 g/mol. The second kappa shape index (κ2) is 5.49. The first-order valence-electron chi connectivity index (χ1n) is 7.56. The summed E-state index contributed by atoms with van der Waals surface area (Å²) in [4.78, 5) is 43.2. The van der Waals surface area contributed by atoms with Gasteiger partial charge in [0.05, 0.1) is 16.8 Å². The molecule has 1 N–H and O–H groups in total. The number of anilines is 1. The van der Waals surface area contributed by atoms with Gasteiger partial charge in [-0.1, -0.05) is 12.1 Å². The van der Waals surface area contributed by atoms with Gasteiger partial charge >= 0.3 is 0 Å². The van der Waals surface area contributed by atoms with E-state index in [0.717, 1.165) is 10.6 Å². The van der Waals surface area contributed by atoms with Crippen LogP contribution in [0.5, 0.6) is 0 Å². The SMILES string of the molecule is Cc1csc2nc(NC(=O)C(C)N3C(=O)c4ccccc4C3=O)nn12. The van der Waals surface area contributed by atoms with E-state index in [9.17, 15) is 14.4 Å². The number of amides is 3. The molecule has 1 aromatic carbocycles. The number of carbonyl (C=O) groups is 3. The minimum Gasteiger partial charge on any atom is -0.291 e. The molecule has 1 unspecified atom stereocenters. The Morgan fingerprint density at radius 2 is 1.84 bits per heavy atom. The molecule has 0 bridgehead atoms. The number of carbonyl (C=O) groups excluding carboxylic acids is 3. The Morgan fingerprint density at radius 1 is 1.20 bits per heavy atom. The molecule has 8 nitrogen and oxygen atoms in total. The summed E-state index contributed by atoms with van der Waals surface area (Å²) < 4.78 is 1.62. The van der Waals surface area contributed by atoms with Crippen molar-refractivity contribution in [3.63, 3.8) is 0 Å². The topological polar surface area (TPSA) is 96.7 Å². The number of thiazole rings is 1. The second-order valence-corrected chi connectivity index (χ2v) is 6.53. The molecular weight excluding hydrogens is 342 g/mol. The fourth-order valence-corrected chi connectivity index (χ4v) is 3.54. The molecule has 0 saturated carbocycles. The van der Waals surface area contributed by atoms with Gasteiger partial charge in [0, 0.05) is 5.38 Å². The van der Waals surface area contributed by atoms with Crippen molar-refractivity contribution in [1.29, 1.82) is 0 Å². The highest BCUT2D eigenvalue weighted by Gasteiger charge is 2.40. The molecule has 0 saturated heterocycles. The first kappa shape index (κ1) is 15.5. The smallest absolute Gasteiger partial charge is 0.262 e. The number of rotatable bonds is 3. The molecule has 0 radical (unpaired) electrons. The van der Waals surface area contributed by atoms with Crippen LogP contribution in [0.15, 0.2) is 29.6 Å². The number of nitrogens with zero attached hydrogens (tertiary/aromatic N) is 4. The molecule has 1 aliphatic rings. The monoisotopic (exact) mass is 355 g/mol. The zero-order chi connectivity index (χ0) is 17.7. The Bertz CT molecular complexity index is 1000. The summed E-state index contributed by atoms with van der Waals surface area (Å²) in [6, 6.07) is 5.54. The zero-order valence-electron chi connectivity index (χ0n) is 13.4. The van der Waals surface area contributed by atoms with Gasteiger partial charge in [0.1, 0.15) is 6.04 Å². The maximum absolute atomic E-state index is 12.5. The lowest BCUT2D eigenvalue weighted by molar-refractivity contribution is -0.119. The normalized spacial score (nSPS) is 14.9. The molecule has 1 atom stereocenters. The van der Waals surface area contributed by atoms with Crippen LogP contribution in [0.25, 0.3) is 4.96 Å². The van der Waals surface area contributed by atoms with Crippen molar-refractivity contribution in [3.05, 3.63) is 46.5 Å². The Balaban J connectivity index is 1.56. The molecule has 126 valence electrons. The Labute approximate surface area is 146 Å². The highest BCUT2D eigenvalue weighted by atomic mass is 32.1. The van der Waals surface area contributed by atoms with E-state index in [0.29, 0.717) is 16.1 Å². The number of aromatic nitrogens is 3. The lowest BCUT2D eigenvalue weighted by atomic mass is 10.1. The van der Waals surface area contributed by atoms with Crippen molar-refractivity contribution >= 4 is 40.0 Å². The van der Waals surface area contributed by atoms with Crippen LogP contribution in [0.1, 0.15) is 33.3 Å². The van der Waals surface area contributed by atoms with E-state index in [1.165, 1.54) is 18.3 Å². The third kappa shape index (κ3) is 2.31. The minimum absolute atomic E-state index is 0.142. The molecule has 3 amide bonds. The predicted octanol–water partition coefficient (Wildman–Crippen LogP) is 1.72. The maximum atomic E-state index is 12.5.